The van der Waals surface area contributed by atoms with Crippen molar-refractivity contribution in [3.8, 4) is 0 Å². The van der Waals surface area contributed by atoms with E-state index in [1.807, 2.05) is 32.0 Å². The van der Waals surface area contributed by atoms with E-state index in [1.54, 1.807) is 18.9 Å². The summed E-state index contributed by atoms with van der Waals surface area (Å²) in [7, 11) is 3.83. The number of nitrogens with zero attached hydrogens (tertiary/aromatic N) is 3. The highest BCUT2D eigenvalue weighted by atomic mass is 16.5. The number of urea groups is 1. The Morgan fingerprint density at radius 2 is 1.86 bits per heavy atom. The minimum Gasteiger partial charge on any atom is -0.463 e. The number of carbonyl (C=O) groups is 2. The zero-order chi connectivity index (χ0) is 21.1. The van der Waals surface area contributed by atoms with Crippen molar-refractivity contribution in [1.82, 2.24) is 20.0 Å². The highest BCUT2D eigenvalue weighted by Crippen LogP contribution is 2.33. The Labute approximate surface area is 173 Å². The van der Waals surface area contributed by atoms with Crippen molar-refractivity contribution in [2.75, 3.05) is 53.4 Å². The maximum absolute atomic E-state index is 13.0. The summed E-state index contributed by atoms with van der Waals surface area (Å²) in [5, 5.41) is 3.02. The Bertz CT molecular complexity index is 812. The van der Waals surface area contributed by atoms with Crippen LogP contribution in [-0.2, 0) is 9.53 Å². The zero-order valence-electron chi connectivity index (χ0n) is 18.1. The van der Waals surface area contributed by atoms with Crippen LogP contribution in [0.25, 0.3) is 0 Å². The number of nitrogens with one attached hydrogen (secondary N) is 1. The van der Waals surface area contributed by atoms with Crippen molar-refractivity contribution < 1.29 is 14.3 Å². The molecular weight excluding hydrogens is 368 g/mol. The van der Waals surface area contributed by atoms with E-state index in [0.29, 0.717) is 18.7 Å². The van der Waals surface area contributed by atoms with Gasteiger partial charge in [0.15, 0.2) is 0 Å². The van der Waals surface area contributed by atoms with Crippen LogP contribution >= 0.6 is 0 Å². The van der Waals surface area contributed by atoms with E-state index < -0.39 is 6.04 Å². The number of benzene rings is 1. The number of esters is 1. The minimum absolute atomic E-state index is 0.201. The molecular formula is C22H32N4O3. The summed E-state index contributed by atoms with van der Waals surface area (Å²) in [4.78, 5) is 32.0. The first-order chi connectivity index (χ1) is 13.8. The first kappa shape index (κ1) is 21.3. The van der Waals surface area contributed by atoms with E-state index in [1.165, 1.54) is 0 Å². The lowest BCUT2D eigenvalue weighted by molar-refractivity contribution is -0.139. The van der Waals surface area contributed by atoms with E-state index in [2.05, 4.69) is 22.2 Å². The largest absolute Gasteiger partial charge is 0.463 e. The van der Waals surface area contributed by atoms with Gasteiger partial charge >= 0.3 is 12.0 Å². The second-order valence-electron chi connectivity index (χ2n) is 7.96. The summed E-state index contributed by atoms with van der Waals surface area (Å²) in [5.41, 5.74) is 4.31. The highest BCUT2D eigenvalue weighted by Gasteiger charge is 2.38. The molecule has 0 spiro atoms. The van der Waals surface area contributed by atoms with E-state index in [9.17, 15) is 9.59 Å². The lowest BCUT2D eigenvalue weighted by Crippen LogP contribution is -2.51. The van der Waals surface area contributed by atoms with Gasteiger partial charge in [-0.2, -0.15) is 0 Å². The van der Waals surface area contributed by atoms with Gasteiger partial charge in [-0.25, -0.2) is 9.59 Å². The molecule has 0 aromatic heterocycles. The maximum Gasteiger partial charge on any atom is 0.338 e. The van der Waals surface area contributed by atoms with Crippen molar-refractivity contribution in [3.05, 3.63) is 46.2 Å². The number of amides is 2. The van der Waals surface area contributed by atoms with Gasteiger partial charge in [0.2, 0.25) is 0 Å². The van der Waals surface area contributed by atoms with Crippen LogP contribution in [0.1, 0.15) is 29.7 Å². The fourth-order valence-corrected chi connectivity index (χ4v) is 3.92. The third kappa shape index (κ3) is 4.62. The number of rotatable bonds is 5. The van der Waals surface area contributed by atoms with Crippen molar-refractivity contribution in [2.24, 2.45) is 0 Å². The summed E-state index contributed by atoms with van der Waals surface area (Å²) >= 11 is 0. The molecule has 1 aromatic carbocycles. The molecule has 158 valence electrons. The van der Waals surface area contributed by atoms with Crippen LogP contribution in [0.4, 0.5) is 4.79 Å². The molecule has 7 heteroatoms. The molecule has 29 heavy (non-hydrogen) atoms. The first-order valence-corrected chi connectivity index (χ1v) is 10.2. The third-order valence-electron chi connectivity index (χ3n) is 5.79. The third-order valence-corrected chi connectivity index (χ3v) is 5.79. The number of aryl methyl sites for hydroxylation is 2. The summed E-state index contributed by atoms with van der Waals surface area (Å²) in [6, 6.07) is 5.39. The van der Waals surface area contributed by atoms with Gasteiger partial charge in [0, 0.05) is 45.5 Å². The molecule has 2 aliphatic rings. The summed E-state index contributed by atoms with van der Waals surface area (Å²) in [6.07, 6.45) is 0. The van der Waals surface area contributed by atoms with E-state index in [0.717, 1.165) is 48.6 Å². The van der Waals surface area contributed by atoms with Gasteiger partial charge in [-0.1, -0.05) is 23.8 Å². The second kappa shape index (κ2) is 8.97. The van der Waals surface area contributed by atoms with Gasteiger partial charge in [-0.15, -0.1) is 0 Å². The maximum atomic E-state index is 13.0. The number of ether oxygens (including phenoxy) is 1. The summed E-state index contributed by atoms with van der Waals surface area (Å²) < 4.78 is 5.42. The van der Waals surface area contributed by atoms with Crippen molar-refractivity contribution in [3.63, 3.8) is 0 Å². The molecule has 2 aliphatic heterocycles. The van der Waals surface area contributed by atoms with Crippen LogP contribution in [0.2, 0.25) is 0 Å². The van der Waals surface area contributed by atoms with E-state index >= 15 is 0 Å². The molecule has 1 fully saturated rings. The predicted octanol–water partition coefficient (Wildman–Crippen LogP) is 2.06. The Kier molecular flexibility index (Phi) is 6.59. The quantitative estimate of drug-likeness (QED) is 0.767. The van der Waals surface area contributed by atoms with Gasteiger partial charge in [-0.3, -0.25) is 9.80 Å². The molecule has 2 amide bonds. The van der Waals surface area contributed by atoms with Crippen LogP contribution in [0.5, 0.6) is 0 Å². The number of hydrogen-bond acceptors (Lipinski definition) is 5. The number of carbonyl (C=O) groups excluding carboxylic acids is 2. The Morgan fingerprint density at radius 1 is 1.17 bits per heavy atom. The average Bonchev–Trinajstić information content (AvgIpc) is 2.69. The van der Waals surface area contributed by atoms with Crippen LogP contribution in [0.3, 0.4) is 0 Å². The minimum atomic E-state index is -0.514. The molecule has 1 atom stereocenters. The van der Waals surface area contributed by atoms with Crippen LogP contribution in [-0.4, -0.2) is 80.1 Å². The Balaban J connectivity index is 2.06. The number of hydrogen-bond donors (Lipinski definition) is 1. The molecule has 1 N–H and O–H groups in total. The van der Waals surface area contributed by atoms with Crippen LogP contribution in [0, 0.1) is 13.8 Å². The lowest BCUT2D eigenvalue weighted by atomic mass is 9.90. The Hall–Kier alpha value is -2.38. The molecule has 1 aromatic rings. The first-order valence-electron chi connectivity index (χ1n) is 10.2. The standard InChI is InChI=1S/C22H32N4O3/c1-6-29-21(27)19-18(14-26-11-9-24(4)10-12-26)25(5)22(28)23-20(19)17-13-15(2)7-8-16(17)3/h7-8,13,20H,6,9-12,14H2,1-5H3,(H,23,28). The normalized spacial score (nSPS) is 21.3. The fraction of sp³-hybridized carbons (Fsp3) is 0.545. The molecule has 7 nitrogen and oxygen atoms in total. The molecule has 1 saturated heterocycles. The van der Waals surface area contributed by atoms with Gasteiger partial charge in [0.1, 0.15) is 0 Å². The molecule has 2 heterocycles. The summed E-state index contributed by atoms with van der Waals surface area (Å²) in [5.74, 6) is -0.366. The summed E-state index contributed by atoms with van der Waals surface area (Å²) in [6.45, 7) is 10.4. The molecule has 1 unspecified atom stereocenters. The lowest BCUT2D eigenvalue weighted by Gasteiger charge is -2.39. The van der Waals surface area contributed by atoms with Gasteiger partial charge in [-0.05, 0) is 38.9 Å². The van der Waals surface area contributed by atoms with Crippen LogP contribution < -0.4 is 5.32 Å². The fourth-order valence-electron chi connectivity index (χ4n) is 3.92. The van der Waals surface area contributed by atoms with Gasteiger partial charge in [0.05, 0.1) is 18.2 Å². The van der Waals surface area contributed by atoms with Crippen molar-refractivity contribution in [2.45, 2.75) is 26.8 Å². The number of likely N-dealkylation sites (N-methyl/N-ethyl adjacent to an activating group) is 2. The van der Waals surface area contributed by atoms with E-state index in [-0.39, 0.29) is 12.0 Å². The second-order valence-corrected chi connectivity index (χ2v) is 7.96. The van der Waals surface area contributed by atoms with Crippen LogP contribution in [0.15, 0.2) is 29.5 Å². The predicted molar refractivity (Wildman–Crippen MR) is 113 cm³/mol. The highest BCUT2D eigenvalue weighted by molar-refractivity contribution is 5.95. The monoisotopic (exact) mass is 400 g/mol. The molecule has 3 rings (SSSR count). The molecule has 0 aliphatic carbocycles. The average molecular weight is 401 g/mol. The zero-order valence-corrected chi connectivity index (χ0v) is 18.1. The van der Waals surface area contributed by atoms with Gasteiger partial charge < -0.3 is 15.0 Å². The molecule has 0 saturated carbocycles. The number of piperazine rings is 1. The Morgan fingerprint density at radius 3 is 2.52 bits per heavy atom. The smallest absolute Gasteiger partial charge is 0.338 e. The van der Waals surface area contributed by atoms with Crippen molar-refractivity contribution >= 4 is 12.0 Å². The topological polar surface area (TPSA) is 65.1 Å². The van der Waals surface area contributed by atoms with Gasteiger partial charge in [0.25, 0.3) is 0 Å². The molecule has 0 bridgehead atoms. The molecule has 0 radical (unpaired) electrons. The van der Waals surface area contributed by atoms with Crippen molar-refractivity contribution in [1.29, 1.82) is 0 Å². The SMILES string of the molecule is CCOC(=O)C1=C(CN2CCN(C)CC2)N(C)C(=O)NC1c1cc(C)ccc1C. The van der Waals surface area contributed by atoms with E-state index in [4.69, 9.17) is 4.74 Å².